The van der Waals surface area contributed by atoms with Crippen molar-refractivity contribution in [1.29, 1.82) is 0 Å². The molecule has 1 unspecified atom stereocenters. The first-order valence-corrected chi connectivity index (χ1v) is 7.76. The van der Waals surface area contributed by atoms with Crippen molar-refractivity contribution in [3.8, 4) is 0 Å². The molecule has 0 aromatic heterocycles. The van der Waals surface area contributed by atoms with Crippen LogP contribution in [0.25, 0.3) is 0 Å². The number of sulfonamides is 1. The maximum Gasteiger partial charge on any atom is 0.336 e. The number of aliphatic hydroxyl groups excluding tert-OH is 1. The predicted molar refractivity (Wildman–Crippen MR) is 74.2 cm³/mol. The van der Waals surface area contributed by atoms with Gasteiger partial charge in [0.15, 0.2) is 0 Å². The lowest BCUT2D eigenvalue weighted by atomic mass is 10.1. The molecule has 0 bridgehead atoms. The van der Waals surface area contributed by atoms with E-state index >= 15 is 0 Å². The van der Waals surface area contributed by atoms with Crippen LogP contribution in [0, 0.1) is 5.92 Å². The molecule has 0 radical (unpaired) electrons. The second-order valence-corrected chi connectivity index (χ2v) is 6.38. The number of carbonyl (C=O) groups is 1. The summed E-state index contributed by atoms with van der Waals surface area (Å²) in [6.07, 6.45) is 0.511. The summed E-state index contributed by atoms with van der Waals surface area (Å²) in [4.78, 5) is 11.0. The fraction of sp³-hybridized carbons (Fsp3) is 0.462. The number of hydrogen-bond donors (Lipinski definition) is 3. The van der Waals surface area contributed by atoms with Crippen molar-refractivity contribution in [3.63, 3.8) is 0 Å². The van der Waals surface area contributed by atoms with Crippen LogP contribution in [-0.2, 0) is 16.4 Å². The van der Waals surface area contributed by atoms with Gasteiger partial charge in [-0.1, -0.05) is 19.9 Å². The Balaban J connectivity index is 3.07. The van der Waals surface area contributed by atoms with E-state index in [2.05, 4.69) is 4.72 Å². The number of rotatable bonds is 7. The first-order chi connectivity index (χ1) is 9.31. The number of benzene rings is 1. The van der Waals surface area contributed by atoms with Gasteiger partial charge in [0.1, 0.15) is 0 Å². The summed E-state index contributed by atoms with van der Waals surface area (Å²) in [7, 11) is -3.77. The fourth-order valence-corrected chi connectivity index (χ4v) is 2.82. The average Bonchev–Trinajstić information content (AvgIpc) is 2.43. The first kappa shape index (κ1) is 16.6. The molecule has 7 heteroatoms. The third-order valence-electron chi connectivity index (χ3n) is 2.94. The molecule has 0 amide bonds. The fourth-order valence-electron chi connectivity index (χ4n) is 1.63. The normalized spacial score (nSPS) is 13.2. The van der Waals surface area contributed by atoms with Crippen molar-refractivity contribution in [1.82, 2.24) is 4.72 Å². The second kappa shape index (κ2) is 6.83. The summed E-state index contributed by atoms with van der Waals surface area (Å²) >= 11 is 0. The van der Waals surface area contributed by atoms with E-state index in [9.17, 15) is 13.2 Å². The van der Waals surface area contributed by atoms with E-state index in [-0.39, 0.29) is 29.5 Å². The Morgan fingerprint density at radius 1 is 1.40 bits per heavy atom. The van der Waals surface area contributed by atoms with Crippen molar-refractivity contribution < 1.29 is 23.4 Å². The van der Waals surface area contributed by atoms with Crippen LogP contribution in [0.3, 0.4) is 0 Å². The summed E-state index contributed by atoms with van der Waals surface area (Å²) < 4.78 is 26.4. The minimum absolute atomic E-state index is 0.00872. The number of hydrogen-bond acceptors (Lipinski definition) is 4. The van der Waals surface area contributed by atoms with Gasteiger partial charge in [0, 0.05) is 13.2 Å². The molecule has 3 N–H and O–H groups in total. The van der Waals surface area contributed by atoms with Gasteiger partial charge in [-0.2, -0.15) is 0 Å². The molecule has 1 rings (SSSR count). The van der Waals surface area contributed by atoms with Gasteiger partial charge in [-0.25, -0.2) is 17.9 Å². The van der Waals surface area contributed by atoms with Gasteiger partial charge in [0.05, 0.1) is 10.5 Å². The van der Waals surface area contributed by atoms with Crippen molar-refractivity contribution in [2.24, 2.45) is 5.92 Å². The third kappa shape index (κ3) is 4.03. The average molecular weight is 301 g/mol. The monoisotopic (exact) mass is 301 g/mol. The molecule has 0 aliphatic carbocycles. The molecule has 0 saturated carbocycles. The lowest BCUT2D eigenvalue weighted by molar-refractivity contribution is 0.0695. The van der Waals surface area contributed by atoms with E-state index < -0.39 is 16.0 Å². The number of aromatic carboxylic acids is 1. The Morgan fingerprint density at radius 2 is 2.05 bits per heavy atom. The van der Waals surface area contributed by atoms with Gasteiger partial charge in [0.25, 0.3) is 0 Å². The molecule has 112 valence electrons. The molecular weight excluding hydrogens is 282 g/mol. The summed E-state index contributed by atoms with van der Waals surface area (Å²) in [5.41, 5.74) is 0.575. The highest BCUT2D eigenvalue weighted by atomic mass is 32.2. The molecule has 1 aromatic carbocycles. The van der Waals surface area contributed by atoms with Gasteiger partial charge in [-0.15, -0.1) is 0 Å². The Hall–Kier alpha value is -1.44. The van der Waals surface area contributed by atoms with E-state index in [4.69, 9.17) is 10.2 Å². The highest BCUT2D eigenvalue weighted by Crippen LogP contribution is 2.17. The van der Waals surface area contributed by atoms with Gasteiger partial charge < -0.3 is 10.2 Å². The van der Waals surface area contributed by atoms with Crippen LogP contribution in [0.5, 0.6) is 0 Å². The Morgan fingerprint density at radius 3 is 2.55 bits per heavy atom. The van der Waals surface area contributed by atoms with E-state index in [0.29, 0.717) is 12.0 Å². The van der Waals surface area contributed by atoms with E-state index in [0.717, 1.165) is 6.07 Å². The third-order valence-corrected chi connectivity index (χ3v) is 4.36. The van der Waals surface area contributed by atoms with Crippen molar-refractivity contribution in [3.05, 3.63) is 29.3 Å². The van der Waals surface area contributed by atoms with E-state index in [1.54, 1.807) is 13.8 Å². The maximum atomic E-state index is 12.0. The lowest BCUT2D eigenvalue weighted by Crippen LogP contribution is -2.29. The molecular formula is C13H19NO5S. The Kier molecular flexibility index (Phi) is 5.67. The van der Waals surface area contributed by atoms with Crippen molar-refractivity contribution >= 4 is 16.0 Å². The zero-order valence-corrected chi connectivity index (χ0v) is 12.3. The van der Waals surface area contributed by atoms with Crippen LogP contribution in [0.4, 0.5) is 0 Å². The molecule has 0 saturated heterocycles. The molecule has 1 atom stereocenters. The Labute approximate surface area is 118 Å². The summed E-state index contributed by atoms with van der Waals surface area (Å²) in [5, 5.41) is 18.0. The Bertz CT molecular complexity index is 582. The van der Waals surface area contributed by atoms with Gasteiger partial charge in [-0.05, 0) is 30.0 Å². The quantitative estimate of drug-likeness (QED) is 0.693. The number of carboxylic acids is 1. The molecule has 6 nitrogen and oxygen atoms in total. The van der Waals surface area contributed by atoms with Crippen LogP contribution in [0.15, 0.2) is 23.1 Å². The maximum absolute atomic E-state index is 12.0. The molecule has 0 spiro atoms. The standard InChI is InChI=1S/C13H19NO5S/c1-3-10-4-5-11(6-12(10)13(16)17)20(18,19)14-7-9(2)8-15/h4-6,9,14-15H,3,7-8H2,1-2H3,(H,16,17). The SMILES string of the molecule is CCc1ccc(S(=O)(=O)NCC(C)CO)cc1C(=O)O. The van der Waals surface area contributed by atoms with Crippen LogP contribution >= 0.6 is 0 Å². The van der Waals surface area contributed by atoms with Gasteiger partial charge in [-0.3, -0.25) is 0 Å². The number of aryl methyl sites for hydroxylation is 1. The summed E-state index contributed by atoms with van der Waals surface area (Å²) in [5.74, 6) is -1.36. The number of carboxylic acid groups (broad SMARTS) is 1. The van der Waals surface area contributed by atoms with Crippen molar-refractivity contribution in [2.45, 2.75) is 25.2 Å². The smallest absolute Gasteiger partial charge is 0.336 e. The minimum atomic E-state index is -3.77. The van der Waals surface area contributed by atoms with Gasteiger partial charge >= 0.3 is 5.97 Å². The molecule has 0 aliphatic heterocycles. The zero-order chi connectivity index (χ0) is 15.3. The van der Waals surface area contributed by atoms with Gasteiger partial charge in [0.2, 0.25) is 10.0 Å². The minimum Gasteiger partial charge on any atom is -0.478 e. The largest absolute Gasteiger partial charge is 0.478 e. The molecule has 0 heterocycles. The topological polar surface area (TPSA) is 104 Å². The number of aliphatic hydroxyl groups is 1. The summed E-state index contributed by atoms with van der Waals surface area (Å²) in [6, 6.07) is 4.05. The zero-order valence-electron chi connectivity index (χ0n) is 11.5. The molecule has 0 aliphatic rings. The predicted octanol–water partition coefficient (Wildman–Crippen LogP) is 0.854. The summed E-state index contributed by atoms with van der Waals surface area (Å²) in [6.45, 7) is 3.47. The van der Waals surface area contributed by atoms with E-state index in [1.165, 1.54) is 12.1 Å². The van der Waals surface area contributed by atoms with Crippen LogP contribution in [0.1, 0.15) is 29.8 Å². The van der Waals surface area contributed by atoms with Crippen LogP contribution in [0.2, 0.25) is 0 Å². The molecule has 0 fully saturated rings. The van der Waals surface area contributed by atoms with E-state index in [1.807, 2.05) is 0 Å². The first-order valence-electron chi connectivity index (χ1n) is 6.28. The highest BCUT2D eigenvalue weighted by Gasteiger charge is 2.18. The number of nitrogens with one attached hydrogen (secondary N) is 1. The molecule has 1 aromatic rings. The second-order valence-electron chi connectivity index (χ2n) is 4.62. The van der Waals surface area contributed by atoms with Crippen LogP contribution < -0.4 is 4.72 Å². The lowest BCUT2D eigenvalue weighted by Gasteiger charge is -2.12. The van der Waals surface area contributed by atoms with Crippen molar-refractivity contribution in [2.75, 3.05) is 13.2 Å². The highest BCUT2D eigenvalue weighted by molar-refractivity contribution is 7.89. The molecule has 20 heavy (non-hydrogen) atoms. The van der Waals surface area contributed by atoms with Crippen LogP contribution in [-0.4, -0.2) is 37.8 Å².